The van der Waals surface area contributed by atoms with Crippen molar-refractivity contribution in [2.45, 2.75) is 13.0 Å². The van der Waals surface area contributed by atoms with E-state index in [0.717, 1.165) is 0 Å². The largest absolute Gasteiger partial charge is 0.327 e. The van der Waals surface area contributed by atoms with Gasteiger partial charge >= 0.3 is 0 Å². The summed E-state index contributed by atoms with van der Waals surface area (Å²) in [4.78, 5) is 34.7. The highest BCUT2D eigenvalue weighted by molar-refractivity contribution is 6.36. The lowest BCUT2D eigenvalue weighted by Crippen LogP contribution is -2.40. The number of nitrogens with zero attached hydrogens (tertiary/aromatic N) is 4. The zero-order valence-corrected chi connectivity index (χ0v) is 20.0. The summed E-state index contributed by atoms with van der Waals surface area (Å²) in [6.07, 6.45) is 0. The Balaban J connectivity index is 2.10. The number of carbonyl (C=O) groups is 1. The van der Waals surface area contributed by atoms with E-state index >= 15 is 0 Å². The first-order chi connectivity index (χ1) is 14.6. The Kier molecular flexibility index (Phi) is 7.27. The Labute approximate surface area is 195 Å². The Morgan fingerprint density at radius 3 is 2.35 bits per heavy atom. The van der Waals surface area contributed by atoms with Gasteiger partial charge in [0.05, 0.1) is 27.5 Å². The van der Waals surface area contributed by atoms with Gasteiger partial charge in [0, 0.05) is 30.2 Å². The number of benzene rings is 2. The van der Waals surface area contributed by atoms with Crippen LogP contribution in [0.5, 0.6) is 0 Å². The Bertz CT molecular complexity index is 1190. The molecule has 0 aliphatic rings. The number of likely N-dealkylation sites (N-methyl/N-ethyl adjacent to an activating group) is 1. The lowest BCUT2D eigenvalue weighted by molar-refractivity contribution is 0.0666. The Morgan fingerprint density at radius 1 is 1.06 bits per heavy atom. The molecule has 0 aliphatic carbocycles. The van der Waals surface area contributed by atoms with E-state index in [4.69, 9.17) is 34.8 Å². The number of amides is 1. The standard InChI is InChI=1S/C22H23Cl3N4O2/c1-13(20-26-19-12-15(24)6-8-17(19)21(30)28(20)4)29(10-9-27(2)3)22(31)16-7-5-14(23)11-18(16)25/h5-8,11-13H,9-10H2,1-4H3. The van der Waals surface area contributed by atoms with Crippen LogP contribution in [0, 0.1) is 0 Å². The normalized spacial score (nSPS) is 12.4. The predicted molar refractivity (Wildman–Crippen MR) is 126 cm³/mol. The minimum Gasteiger partial charge on any atom is -0.327 e. The van der Waals surface area contributed by atoms with Crippen LogP contribution >= 0.6 is 34.8 Å². The molecule has 0 bridgehead atoms. The van der Waals surface area contributed by atoms with Crippen molar-refractivity contribution in [2.75, 3.05) is 27.2 Å². The molecular weight excluding hydrogens is 459 g/mol. The van der Waals surface area contributed by atoms with Crippen LogP contribution in [0.2, 0.25) is 15.1 Å². The molecule has 164 valence electrons. The predicted octanol–water partition coefficient (Wildman–Crippen LogP) is 4.66. The van der Waals surface area contributed by atoms with Crippen molar-refractivity contribution in [3.05, 3.63) is 73.2 Å². The maximum absolute atomic E-state index is 13.5. The topological polar surface area (TPSA) is 58.4 Å². The van der Waals surface area contributed by atoms with Crippen molar-refractivity contribution in [2.24, 2.45) is 7.05 Å². The van der Waals surface area contributed by atoms with Crippen LogP contribution < -0.4 is 5.56 Å². The Hall–Kier alpha value is -2.12. The molecule has 6 nitrogen and oxygen atoms in total. The first-order valence-corrected chi connectivity index (χ1v) is 10.8. The van der Waals surface area contributed by atoms with E-state index < -0.39 is 6.04 Å². The molecule has 1 amide bonds. The summed E-state index contributed by atoms with van der Waals surface area (Å²) in [5.74, 6) is 0.188. The third-order valence-corrected chi connectivity index (χ3v) is 5.91. The molecule has 0 N–H and O–H groups in total. The number of fused-ring (bicyclic) bond motifs is 1. The van der Waals surface area contributed by atoms with Gasteiger partial charge in [0.1, 0.15) is 5.82 Å². The van der Waals surface area contributed by atoms with Gasteiger partial charge in [-0.1, -0.05) is 34.8 Å². The molecule has 1 atom stereocenters. The van der Waals surface area contributed by atoms with E-state index in [1.807, 2.05) is 25.9 Å². The highest BCUT2D eigenvalue weighted by Crippen LogP contribution is 2.27. The summed E-state index contributed by atoms with van der Waals surface area (Å²) in [5, 5.41) is 1.67. The van der Waals surface area contributed by atoms with E-state index in [-0.39, 0.29) is 16.5 Å². The fraction of sp³-hybridized carbons (Fsp3) is 0.318. The van der Waals surface area contributed by atoms with E-state index in [1.165, 1.54) is 10.6 Å². The second-order valence-electron chi connectivity index (χ2n) is 7.60. The summed E-state index contributed by atoms with van der Waals surface area (Å²) in [7, 11) is 5.50. The van der Waals surface area contributed by atoms with Crippen LogP contribution in [0.1, 0.15) is 29.1 Å². The van der Waals surface area contributed by atoms with Crippen LogP contribution in [0.25, 0.3) is 10.9 Å². The lowest BCUT2D eigenvalue weighted by Gasteiger charge is -2.31. The van der Waals surface area contributed by atoms with Crippen molar-refractivity contribution in [3.8, 4) is 0 Å². The van der Waals surface area contributed by atoms with E-state index in [1.54, 1.807) is 42.3 Å². The summed E-state index contributed by atoms with van der Waals surface area (Å²) < 4.78 is 1.47. The molecule has 0 saturated heterocycles. The van der Waals surface area contributed by atoms with Gasteiger partial charge in [-0.25, -0.2) is 4.98 Å². The van der Waals surface area contributed by atoms with Gasteiger partial charge in [0.15, 0.2) is 0 Å². The van der Waals surface area contributed by atoms with E-state index in [9.17, 15) is 9.59 Å². The summed E-state index contributed by atoms with van der Waals surface area (Å²) in [6, 6.07) is 9.24. The molecule has 1 heterocycles. The summed E-state index contributed by atoms with van der Waals surface area (Å²) >= 11 is 18.4. The minimum atomic E-state index is -0.500. The average Bonchev–Trinajstić information content (AvgIpc) is 2.70. The van der Waals surface area contributed by atoms with Crippen molar-refractivity contribution in [3.63, 3.8) is 0 Å². The van der Waals surface area contributed by atoms with Gasteiger partial charge in [-0.3, -0.25) is 14.2 Å². The SMILES string of the molecule is CC(c1nc2cc(Cl)ccc2c(=O)n1C)N(CCN(C)C)C(=O)c1ccc(Cl)cc1Cl. The van der Waals surface area contributed by atoms with Crippen LogP contribution in [-0.4, -0.2) is 52.4 Å². The average molecular weight is 482 g/mol. The maximum Gasteiger partial charge on any atom is 0.261 e. The Morgan fingerprint density at radius 2 is 1.71 bits per heavy atom. The van der Waals surface area contributed by atoms with Crippen LogP contribution in [0.15, 0.2) is 41.2 Å². The fourth-order valence-corrected chi connectivity index (χ4v) is 4.03. The number of hydrogen-bond acceptors (Lipinski definition) is 4. The molecule has 0 radical (unpaired) electrons. The number of rotatable bonds is 6. The molecule has 2 aromatic carbocycles. The van der Waals surface area contributed by atoms with Gasteiger partial charge in [-0.05, 0) is 57.4 Å². The fourth-order valence-electron chi connectivity index (χ4n) is 3.37. The maximum atomic E-state index is 13.5. The molecule has 3 aromatic rings. The van der Waals surface area contributed by atoms with Gasteiger partial charge in [0.25, 0.3) is 11.5 Å². The summed E-state index contributed by atoms with van der Waals surface area (Å²) in [5.41, 5.74) is 0.626. The lowest BCUT2D eigenvalue weighted by atomic mass is 10.1. The number of carbonyl (C=O) groups excluding carboxylic acids is 1. The number of aromatic nitrogens is 2. The quantitative estimate of drug-likeness (QED) is 0.514. The molecule has 3 rings (SSSR count). The molecule has 31 heavy (non-hydrogen) atoms. The zero-order chi connectivity index (χ0) is 22.9. The van der Waals surface area contributed by atoms with Crippen molar-refractivity contribution in [1.82, 2.24) is 19.4 Å². The van der Waals surface area contributed by atoms with Gasteiger partial charge in [-0.2, -0.15) is 0 Å². The first-order valence-electron chi connectivity index (χ1n) is 9.67. The second-order valence-corrected chi connectivity index (χ2v) is 8.88. The molecule has 1 aromatic heterocycles. The van der Waals surface area contributed by atoms with Gasteiger partial charge in [0.2, 0.25) is 0 Å². The van der Waals surface area contributed by atoms with Crippen LogP contribution in [-0.2, 0) is 7.05 Å². The third kappa shape index (κ3) is 5.04. The molecule has 0 saturated carbocycles. The van der Waals surface area contributed by atoms with E-state index in [0.29, 0.717) is 45.4 Å². The molecule has 0 spiro atoms. The monoisotopic (exact) mass is 480 g/mol. The molecule has 0 aliphatic heterocycles. The second kappa shape index (κ2) is 9.57. The van der Waals surface area contributed by atoms with Crippen LogP contribution in [0.4, 0.5) is 0 Å². The molecule has 9 heteroatoms. The van der Waals surface area contributed by atoms with Gasteiger partial charge < -0.3 is 9.80 Å². The van der Waals surface area contributed by atoms with Gasteiger partial charge in [-0.15, -0.1) is 0 Å². The molecule has 0 fully saturated rings. The molecular formula is C22H23Cl3N4O2. The number of hydrogen-bond donors (Lipinski definition) is 0. The van der Waals surface area contributed by atoms with Crippen LogP contribution in [0.3, 0.4) is 0 Å². The number of halogens is 3. The zero-order valence-electron chi connectivity index (χ0n) is 17.7. The van der Waals surface area contributed by atoms with Crippen molar-refractivity contribution in [1.29, 1.82) is 0 Å². The minimum absolute atomic E-state index is 0.201. The first kappa shape index (κ1) is 23.5. The molecule has 1 unspecified atom stereocenters. The van der Waals surface area contributed by atoms with E-state index in [2.05, 4.69) is 4.98 Å². The van der Waals surface area contributed by atoms with Crippen molar-refractivity contribution >= 4 is 51.6 Å². The highest BCUT2D eigenvalue weighted by atomic mass is 35.5. The highest BCUT2D eigenvalue weighted by Gasteiger charge is 2.27. The van der Waals surface area contributed by atoms with Crippen molar-refractivity contribution < 1.29 is 4.79 Å². The third-order valence-electron chi connectivity index (χ3n) is 5.13. The smallest absolute Gasteiger partial charge is 0.261 e. The summed E-state index contributed by atoms with van der Waals surface area (Å²) in [6.45, 7) is 2.87.